The Hall–Kier alpha value is -2.51. The molecule has 0 saturated heterocycles. The number of nitrogens with zero attached hydrogens (tertiary/aromatic N) is 3. The monoisotopic (exact) mass is 399 g/mol. The lowest BCUT2D eigenvalue weighted by atomic mass is 10.0. The summed E-state index contributed by atoms with van der Waals surface area (Å²) in [4.78, 5) is 6.91. The number of pyridine rings is 1. The highest BCUT2D eigenvalue weighted by atomic mass is 32.2. The van der Waals surface area contributed by atoms with Crippen molar-refractivity contribution in [2.45, 2.75) is 24.3 Å². The predicted molar refractivity (Wildman–Crippen MR) is 108 cm³/mol. The maximum atomic E-state index is 14.1. The fourth-order valence-electron chi connectivity index (χ4n) is 3.74. The molecule has 5 nitrogen and oxygen atoms in total. The van der Waals surface area contributed by atoms with Gasteiger partial charge in [0.25, 0.3) is 0 Å². The van der Waals surface area contributed by atoms with Crippen LogP contribution in [0.15, 0.2) is 53.6 Å². The van der Waals surface area contributed by atoms with Crippen molar-refractivity contribution < 1.29 is 12.8 Å². The van der Waals surface area contributed by atoms with Gasteiger partial charge < -0.3 is 4.90 Å². The van der Waals surface area contributed by atoms with Crippen molar-refractivity contribution in [2.75, 3.05) is 25.5 Å². The van der Waals surface area contributed by atoms with E-state index in [1.807, 2.05) is 12.1 Å². The highest BCUT2D eigenvalue weighted by molar-refractivity contribution is 7.89. The summed E-state index contributed by atoms with van der Waals surface area (Å²) in [5.74, 6) is -0.278. The molecule has 146 valence electrons. The van der Waals surface area contributed by atoms with Gasteiger partial charge in [0, 0.05) is 50.0 Å². The quantitative estimate of drug-likeness (QED) is 0.673. The van der Waals surface area contributed by atoms with Crippen molar-refractivity contribution in [1.82, 2.24) is 9.29 Å². The van der Waals surface area contributed by atoms with Crippen LogP contribution in [0.2, 0.25) is 0 Å². The first-order valence-corrected chi connectivity index (χ1v) is 10.6. The van der Waals surface area contributed by atoms with Gasteiger partial charge in [0.1, 0.15) is 5.82 Å². The first kappa shape index (κ1) is 18.8. The SMILES string of the molecule is CN(C)S(=O)(=O)c1ccc2c(c1)CCCN2Cc1cc(F)cc2cccnc12. The molecular weight excluding hydrogens is 377 g/mol. The summed E-state index contributed by atoms with van der Waals surface area (Å²) in [5, 5.41) is 0.780. The number of aryl methyl sites for hydroxylation is 1. The predicted octanol–water partition coefficient (Wildman–Crippen LogP) is 3.58. The summed E-state index contributed by atoms with van der Waals surface area (Å²) in [7, 11) is -0.404. The van der Waals surface area contributed by atoms with E-state index in [0.29, 0.717) is 11.4 Å². The Labute approximate surface area is 164 Å². The van der Waals surface area contributed by atoms with E-state index >= 15 is 0 Å². The third-order valence-corrected chi connectivity index (χ3v) is 6.97. The largest absolute Gasteiger partial charge is 0.367 e. The fourth-order valence-corrected chi connectivity index (χ4v) is 4.69. The Morgan fingerprint density at radius 3 is 2.79 bits per heavy atom. The highest BCUT2D eigenvalue weighted by Crippen LogP contribution is 2.32. The molecule has 4 rings (SSSR count). The molecule has 1 aliphatic heterocycles. The summed E-state index contributed by atoms with van der Waals surface area (Å²) < 4.78 is 40.2. The first-order chi connectivity index (χ1) is 13.4. The van der Waals surface area contributed by atoms with Gasteiger partial charge in [0.05, 0.1) is 10.4 Å². The maximum Gasteiger partial charge on any atom is 0.242 e. The summed E-state index contributed by atoms with van der Waals surface area (Å²) in [6.45, 7) is 1.36. The molecule has 1 aliphatic rings. The normalized spacial score (nSPS) is 14.5. The van der Waals surface area contributed by atoms with Crippen LogP contribution in [0.25, 0.3) is 10.9 Å². The number of fused-ring (bicyclic) bond motifs is 2. The average Bonchev–Trinajstić information content (AvgIpc) is 2.67. The van der Waals surface area contributed by atoms with E-state index in [-0.39, 0.29) is 5.82 Å². The minimum Gasteiger partial charge on any atom is -0.367 e. The maximum absolute atomic E-state index is 14.1. The van der Waals surface area contributed by atoms with E-state index in [9.17, 15) is 12.8 Å². The lowest BCUT2D eigenvalue weighted by molar-refractivity contribution is 0.520. The van der Waals surface area contributed by atoms with Crippen molar-refractivity contribution in [3.8, 4) is 0 Å². The molecule has 0 unspecified atom stereocenters. The number of halogens is 1. The third-order valence-electron chi connectivity index (χ3n) is 5.15. The number of hydrogen-bond acceptors (Lipinski definition) is 4. The van der Waals surface area contributed by atoms with Crippen molar-refractivity contribution in [1.29, 1.82) is 0 Å². The molecule has 0 radical (unpaired) electrons. The van der Waals surface area contributed by atoms with Gasteiger partial charge in [-0.15, -0.1) is 0 Å². The minimum atomic E-state index is -3.47. The van der Waals surface area contributed by atoms with Crippen LogP contribution in [0.3, 0.4) is 0 Å². The molecule has 0 saturated carbocycles. The molecular formula is C21H22FN3O2S. The molecule has 0 spiro atoms. The Balaban J connectivity index is 1.72. The van der Waals surface area contributed by atoms with Crippen LogP contribution < -0.4 is 4.90 Å². The average molecular weight is 399 g/mol. The topological polar surface area (TPSA) is 53.5 Å². The minimum absolute atomic E-state index is 0.278. The lowest BCUT2D eigenvalue weighted by Gasteiger charge is -2.32. The molecule has 0 atom stereocenters. The Morgan fingerprint density at radius 1 is 1.18 bits per heavy atom. The third kappa shape index (κ3) is 3.36. The van der Waals surface area contributed by atoms with Crippen LogP contribution in [0.1, 0.15) is 17.5 Å². The van der Waals surface area contributed by atoms with Crippen LogP contribution in [0, 0.1) is 5.82 Å². The van der Waals surface area contributed by atoms with Gasteiger partial charge in [0.15, 0.2) is 0 Å². The fraction of sp³-hybridized carbons (Fsp3) is 0.286. The van der Waals surface area contributed by atoms with E-state index in [4.69, 9.17) is 0 Å². The van der Waals surface area contributed by atoms with E-state index < -0.39 is 10.0 Å². The second-order valence-corrected chi connectivity index (χ2v) is 9.39. The molecule has 0 fully saturated rings. The Bertz CT molecular complexity index is 1150. The molecule has 0 amide bonds. The van der Waals surface area contributed by atoms with Crippen molar-refractivity contribution in [3.63, 3.8) is 0 Å². The van der Waals surface area contributed by atoms with E-state index in [1.165, 1.54) is 30.5 Å². The highest BCUT2D eigenvalue weighted by Gasteiger charge is 2.23. The molecule has 28 heavy (non-hydrogen) atoms. The number of sulfonamides is 1. The van der Waals surface area contributed by atoms with E-state index in [1.54, 1.807) is 24.4 Å². The Kier molecular flexibility index (Phi) is 4.81. The molecule has 1 aromatic heterocycles. The summed E-state index contributed by atoms with van der Waals surface area (Å²) in [5.41, 5.74) is 3.62. The number of aromatic nitrogens is 1. The van der Waals surface area contributed by atoms with Gasteiger partial charge in [-0.2, -0.15) is 0 Å². The van der Waals surface area contributed by atoms with Crippen molar-refractivity contribution >= 4 is 26.6 Å². The zero-order valence-electron chi connectivity index (χ0n) is 15.9. The second-order valence-electron chi connectivity index (χ2n) is 7.24. The molecule has 7 heteroatoms. The van der Waals surface area contributed by atoms with Gasteiger partial charge in [-0.1, -0.05) is 6.07 Å². The van der Waals surface area contributed by atoms with Gasteiger partial charge in [-0.3, -0.25) is 4.98 Å². The zero-order chi connectivity index (χ0) is 19.9. The van der Waals surface area contributed by atoms with E-state index in [2.05, 4.69) is 9.88 Å². The molecule has 3 aromatic rings. The zero-order valence-corrected chi connectivity index (χ0v) is 16.7. The summed E-state index contributed by atoms with van der Waals surface area (Å²) in [6, 6.07) is 12.0. The molecule has 2 heterocycles. The van der Waals surface area contributed by atoms with Gasteiger partial charge in [-0.05, 0) is 54.8 Å². The Morgan fingerprint density at radius 2 is 2.00 bits per heavy atom. The van der Waals surface area contributed by atoms with E-state index in [0.717, 1.165) is 47.1 Å². The number of anilines is 1. The molecule has 2 aromatic carbocycles. The van der Waals surface area contributed by atoms with Crippen LogP contribution >= 0.6 is 0 Å². The second kappa shape index (κ2) is 7.14. The number of rotatable bonds is 4. The molecule has 0 N–H and O–H groups in total. The van der Waals surface area contributed by atoms with Crippen LogP contribution in [0.4, 0.5) is 10.1 Å². The number of hydrogen-bond donors (Lipinski definition) is 0. The van der Waals surface area contributed by atoms with Crippen molar-refractivity contribution in [2.24, 2.45) is 0 Å². The number of benzene rings is 2. The van der Waals surface area contributed by atoms with Crippen LogP contribution in [-0.4, -0.2) is 38.3 Å². The smallest absolute Gasteiger partial charge is 0.242 e. The molecule has 0 aliphatic carbocycles. The van der Waals surface area contributed by atoms with Crippen LogP contribution in [0.5, 0.6) is 0 Å². The lowest BCUT2D eigenvalue weighted by Crippen LogP contribution is -2.29. The molecule has 0 bridgehead atoms. The standard InChI is InChI=1S/C21H22FN3O2S/c1-24(2)28(26,27)19-7-8-20-15(13-19)6-4-10-25(20)14-17-12-18(22)11-16-5-3-9-23-21(16)17/h3,5,7-9,11-13H,4,6,10,14H2,1-2H3. The summed E-state index contributed by atoms with van der Waals surface area (Å²) >= 11 is 0. The first-order valence-electron chi connectivity index (χ1n) is 9.20. The van der Waals surface area contributed by atoms with Gasteiger partial charge >= 0.3 is 0 Å². The van der Waals surface area contributed by atoms with Crippen LogP contribution in [-0.2, 0) is 23.0 Å². The summed E-state index contributed by atoms with van der Waals surface area (Å²) in [6.07, 6.45) is 3.45. The van der Waals surface area contributed by atoms with Gasteiger partial charge in [0.2, 0.25) is 10.0 Å². The van der Waals surface area contributed by atoms with Gasteiger partial charge in [-0.25, -0.2) is 17.1 Å². The van der Waals surface area contributed by atoms with Crippen molar-refractivity contribution in [3.05, 3.63) is 65.6 Å².